The van der Waals surface area contributed by atoms with Crippen LogP contribution in [0.1, 0.15) is 101 Å². The Morgan fingerprint density at radius 3 is 1.07 bits per heavy atom. The molecule has 0 bridgehead atoms. The zero-order valence-electron chi connectivity index (χ0n) is 20.4. The summed E-state index contributed by atoms with van der Waals surface area (Å²) < 4.78 is 0. The lowest BCUT2D eigenvalue weighted by Crippen LogP contribution is -2.60. The first-order valence-electron chi connectivity index (χ1n) is 11.0. The van der Waals surface area contributed by atoms with Gasteiger partial charge in [-0.2, -0.15) is 0 Å². The van der Waals surface area contributed by atoms with Crippen molar-refractivity contribution in [2.24, 2.45) is 10.8 Å². The van der Waals surface area contributed by atoms with Crippen LogP contribution >= 0.6 is 0 Å². The van der Waals surface area contributed by atoms with Crippen LogP contribution in [0.5, 0.6) is 0 Å². The summed E-state index contributed by atoms with van der Waals surface area (Å²) in [5.41, 5.74) is -2.82. The molecule has 0 aliphatic carbocycles. The Bertz CT molecular complexity index is 490. The molecule has 0 aromatic rings. The number of hydrogen-bond acceptors (Lipinski definition) is 4. The van der Waals surface area contributed by atoms with Gasteiger partial charge in [-0.15, -0.1) is 0 Å². The van der Waals surface area contributed by atoms with Gasteiger partial charge in [0.05, 0.1) is 23.3 Å². The van der Waals surface area contributed by atoms with Gasteiger partial charge in [0.25, 0.3) is 0 Å². The Balaban J connectivity index is 5.40. The van der Waals surface area contributed by atoms with Gasteiger partial charge in [-0.05, 0) is 36.5 Å². The molecule has 0 saturated heterocycles. The third kappa shape index (κ3) is 7.56. The number of aliphatic hydroxyl groups is 2. The predicted molar refractivity (Wildman–Crippen MR) is 118 cm³/mol. The maximum Gasteiger partial charge on any atom is 0.229 e. The SMILES string of the molecule is CCC(O)(CC)C(NC(=O)CC(=O)NC(C(C)(C)C)C(O)(CC)CC)C(C)(C)C. The molecular formula is C23H46N2O4. The summed E-state index contributed by atoms with van der Waals surface area (Å²) in [5.74, 6) is -0.848. The number of rotatable bonds is 10. The Labute approximate surface area is 178 Å². The van der Waals surface area contributed by atoms with Crippen molar-refractivity contribution < 1.29 is 19.8 Å². The molecule has 2 amide bonds. The highest BCUT2D eigenvalue weighted by Crippen LogP contribution is 2.34. The topological polar surface area (TPSA) is 98.7 Å². The van der Waals surface area contributed by atoms with Crippen molar-refractivity contribution >= 4 is 11.8 Å². The molecule has 0 aliphatic heterocycles. The van der Waals surface area contributed by atoms with Gasteiger partial charge in [-0.3, -0.25) is 9.59 Å². The molecule has 2 atom stereocenters. The van der Waals surface area contributed by atoms with Crippen molar-refractivity contribution in [2.45, 2.75) is 125 Å². The summed E-state index contributed by atoms with van der Waals surface area (Å²) in [4.78, 5) is 25.3. The minimum absolute atomic E-state index is 0.341. The first-order chi connectivity index (χ1) is 13.0. The summed E-state index contributed by atoms with van der Waals surface area (Å²) in [6, 6.07) is -0.959. The van der Waals surface area contributed by atoms with E-state index in [1.165, 1.54) is 0 Å². The second-order valence-corrected chi connectivity index (χ2v) is 10.5. The van der Waals surface area contributed by atoms with Crippen molar-refractivity contribution in [1.29, 1.82) is 0 Å². The van der Waals surface area contributed by atoms with Gasteiger partial charge in [0.15, 0.2) is 0 Å². The minimum atomic E-state index is -1.04. The van der Waals surface area contributed by atoms with E-state index in [9.17, 15) is 19.8 Å². The molecule has 0 saturated carbocycles. The second-order valence-electron chi connectivity index (χ2n) is 10.5. The van der Waals surface area contributed by atoms with Crippen LogP contribution in [0.3, 0.4) is 0 Å². The van der Waals surface area contributed by atoms with Crippen molar-refractivity contribution in [3.8, 4) is 0 Å². The highest BCUT2D eigenvalue weighted by Gasteiger charge is 2.44. The standard InChI is InChI=1S/C23H46N2O4/c1-11-22(28,12-2)18(20(5,6)7)24-16(26)15-17(27)25-19(21(8,9)10)23(29,13-3)14-4/h18-19,28-29H,11-15H2,1-10H3,(H,24,26)(H,25,27). The molecule has 0 fully saturated rings. The van der Waals surface area contributed by atoms with Crippen molar-refractivity contribution in [1.82, 2.24) is 10.6 Å². The van der Waals surface area contributed by atoms with Crippen molar-refractivity contribution in [2.75, 3.05) is 0 Å². The third-order valence-corrected chi connectivity index (χ3v) is 6.19. The number of amides is 2. The van der Waals surface area contributed by atoms with Gasteiger partial charge in [-0.1, -0.05) is 69.2 Å². The molecule has 0 spiro atoms. The molecule has 172 valence electrons. The lowest BCUT2D eigenvalue weighted by Gasteiger charge is -2.44. The van der Waals surface area contributed by atoms with Crippen LogP contribution < -0.4 is 10.6 Å². The molecule has 0 heterocycles. The Morgan fingerprint density at radius 2 is 0.897 bits per heavy atom. The van der Waals surface area contributed by atoms with E-state index in [1.807, 2.05) is 69.2 Å². The van der Waals surface area contributed by atoms with E-state index in [-0.39, 0.29) is 17.3 Å². The average molecular weight is 415 g/mol. The molecule has 4 N–H and O–H groups in total. The molecule has 29 heavy (non-hydrogen) atoms. The summed E-state index contributed by atoms with van der Waals surface area (Å²) >= 11 is 0. The number of nitrogens with one attached hydrogen (secondary N) is 2. The first kappa shape index (κ1) is 27.9. The van der Waals surface area contributed by atoms with Crippen LogP contribution in [0.2, 0.25) is 0 Å². The fraction of sp³-hybridized carbons (Fsp3) is 0.913. The fourth-order valence-electron chi connectivity index (χ4n) is 4.20. The van der Waals surface area contributed by atoms with Crippen molar-refractivity contribution in [3.63, 3.8) is 0 Å². The van der Waals surface area contributed by atoms with Crippen LogP contribution in [0.4, 0.5) is 0 Å². The Hall–Kier alpha value is -1.14. The highest BCUT2D eigenvalue weighted by molar-refractivity contribution is 5.97. The van der Waals surface area contributed by atoms with Gasteiger partial charge in [0.2, 0.25) is 11.8 Å². The fourth-order valence-corrected chi connectivity index (χ4v) is 4.20. The molecule has 0 rings (SSSR count). The van der Waals surface area contributed by atoms with Crippen LogP contribution in [-0.4, -0.2) is 45.3 Å². The largest absolute Gasteiger partial charge is 0.388 e. The van der Waals surface area contributed by atoms with E-state index in [1.54, 1.807) is 0 Å². The minimum Gasteiger partial charge on any atom is -0.388 e. The number of carbonyl (C=O) groups is 2. The lowest BCUT2D eigenvalue weighted by molar-refractivity contribution is -0.135. The molecule has 0 aromatic heterocycles. The molecule has 0 aromatic carbocycles. The number of hydrogen-bond donors (Lipinski definition) is 4. The van der Waals surface area contributed by atoms with Gasteiger partial charge in [0.1, 0.15) is 6.42 Å². The monoisotopic (exact) mass is 414 g/mol. The van der Waals surface area contributed by atoms with Crippen LogP contribution in [0.15, 0.2) is 0 Å². The molecular weight excluding hydrogens is 368 g/mol. The molecule has 6 nitrogen and oxygen atoms in total. The van der Waals surface area contributed by atoms with E-state index in [0.717, 1.165) is 0 Å². The van der Waals surface area contributed by atoms with E-state index < -0.39 is 35.1 Å². The average Bonchev–Trinajstić information content (AvgIpc) is 2.61. The van der Waals surface area contributed by atoms with Crippen LogP contribution in [0.25, 0.3) is 0 Å². The molecule has 0 radical (unpaired) electrons. The zero-order valence-corrected chi connectivity index (χ0v) is 20.4. The predicted octanol–water partition coefficient (Wildman–Crippen LogP) is 3.54. The summed E-state index contributed by atoms with van der Waals surface area (Å²) in [5, 5.41) is 27.8. The zero-order chi connectivity index (χ0) is 23.3. The van der Waals surface area contributed by atoms with Gasteiger partial charge >= 0.3 is 0 Å². The maximum atomic E-state index is 12.7. The summed E-state index contributed by atoms with van der Waals surface area (Å²) in [6.45, 7) is 19.4. The first-order valence-corrected chi connectivity index (χ1v) is 11.0. The quantitative estimate of drug-likeness (QED) is 0.411. The summed E-state index contributed by atoms with van der Waals surface area (Å²) in [7, 11) is 0. The normalized spacial score (nSPS) is 15.6. The van der Waals surface area contributed by atoms with Crippen molar-refractivity contribution in [3.05, 3.63) is 0 Å². The Morgan fingerprint density at radius 1 is 0.655 bits per heavy atom. The third-order valence-electron chi connectivity index (χ3n) is 6.19. The van der Waals surface area contributed by atoms with E-state index >= 15 is 0 Å². The smallest absolute Gasteiger partial charge is 0.229 e. The Kier molecular flexibility index (Phi) is 9.85. The maximum absolute atomic E-state index is 12.7. The molecule has 6 heteroatoms. The number of carbonyl (C=O) groups excluding carboxylic acids is 2. The van der Waals surface area contributed by atoms with E-state index in [2.05, 4.69) is 10.6 Å². The lowest BCUT2D eigenvalue weighted by atomic mass is 9.73. The van der Waals surface area contributed by atoms with E-state index in [0.29, 0.717) is 25.7 Å². The van der Waals surface area contributed by atoms with Crippen LogP contribution in [0, 0.1) is 10.8 Å². The van der Waals surface area contributed by atoms with Crippen LogP contribution in [-0.2, 0) is 9.59 Å². The molecule has 2 unspecified atom stereocenters. The molecule has 0 aliphatic rings. The highest BCUT2D eigenvalue weighted by atomic mass is 16.3. The second kappa shape index (κ2) is 10.3. The summed E-state index contributed by atoms with van der Waals surface area (Å²) in [6.07, 6.45) is 1.67. The van der Waals surface area contributed by atoms with Gasteiger partial charge < -0.3 is 20.8 Å². The van der Waals surface area contributed by atoms with Gasteiger partial charge in [0, 0.05) is 0 Å². The van der Waals surface area contributed by atoms with Gasteiger partial charge in [-0.25, -0.2) is 0 Å². The van der Waals surface area contributed by atoms with E-state index in [4.69, 9.17) is 0 Å².